The average Bonchev–Trinajstić information content (AvgIpc) is 3.17. The molecule has 5 rings (SSSR count). The average molecular weight is 517 g/mol. The Morgan fingerprint density at radius 3 is 2.26 bits per heavy atom. The maximum atomic E-state index is 13.2. The van der Waals surface area contributed by atoms with Crippen LogP contribution in [0.5, 0.6) is 17.2 Å². The van der Waals surface area contributed by atoms with Crippen molar-refractivity contribution in [2.75, 3.05) is 26.3 Å². The van der Waals surface area contributed by atoms with Crippen molar-refractivity contribution in [2.45, 2.75) is 24.9 Å². The predicted octanol–water partition coefficient (Wildman–Crippen LogP) is 2.07. The second kappa shape index (κ2) is 11.3. The van der Waals surface area contributed by atoms with Crippen molar-refractivity contribution in [1.82, 2.24) is 20.9 Å². The molecule has 2 amide bonds. The molecule has 0 bridgehead atoms. The molecule has 10 heteroatoms. The summed E-state index contributed by atoms with van der Waals surface area (Å²) in [4.78, 5) is 43.0. The number of aromatic hydroxyl groups is 1. The second-order valence-corrected chi connectivity index (χ2v) is 9.13. The van der Waals surface area contributed by atoms with Crippen LogP contribution < -0.4 is 25.4 Å². The Kier molecular flexibility index (Phi) is 7.50. The van der Waals surface area contributed by atoms with Gasteiger partial charge in [-0.05, 0) is 55.8 Å². The lowest BCUT2D eigenvalue weighted by molar-refractivity contribution is 0.0882. The molecule has 1 saturated heterocycles. The van der Waals surface area contributed by atoms with Crippen LogP contribution in [0.1, 0.15) is 49.5 Å². The largest absolute Gasteiger partial charge is 0.507 e. The van der Waals surface area contributed by atoms with Gasteiger partial charge in [-0.3, -0.25) is 19.4 Å². The summed E-state index contributed by atoms with van der Waals surface area (Å²) in [5.74, 6) is -0.574. The van der Waals surface area contributed by atoms with E-state index in [1.54, 1.807) is 42.7 Å². The molecule has 10 nitrogen and oxygen atoms in total. The number of phenols is 1. The highest BCUT2D eigenvalue weighted by Crippen LogP contribution is 2.40. The number of rotatable bonds is 6. The Hall–Kier alpha value is -4.44. The van der Waals surface area contributed by atoms with Crippen LogP contribution in [0.2, 0.25) is 0 Å². The van der Waals surface area contributed by atoms with E-state index in [9.17, 15) is 19.5 Å². The minimum absolute atomic E-state index is 0.0261. The number of hydrogen-bond donors (Lipinski definition) is 4. The predicted molar refractivity (Wildman–Crippen MR) is 138 cm³/mol. The van der Waals surface area contributed by atoms with Crippen LogP contribution in [0.4, 0.5) is 0 Å². The summed E-state index contributed by atoms with van der Waals surface area (Å²) in [5, 5.41) is 19.7. The normalized spacial score (nSPS) is 18.6. The Balaban J connectivity index is 1.29. The van der Waals surface area contributed by atoms with Crippen molar-refractivity contribution in [3.63, 3.8) is 0 Å². The quantitative estimate of drug-likeness (QED) is 0.365. The molecule has 2 aromatic carbocycles. The minimum atomic E-state index is -0.439. The standard InChI is InChI=1S/C28H28N4O6/c33-22-7-8-23-26(38-15-14-37-23)24(22)25(34)17-3-5-18(6-4-17)27(35)31-20-2-1-11-30-16-21(20)32-28(36)19-9-12-29-13-10-19/h3-10,12-13,20-21,30,33H,1-2,11,14-16H2,(H,31,35)(H,32,36)/t20-,21-/m1/s1. The van der Waals surface area contributed by atoms with Gasteiger partial charge in [-0.2, -0.15) is 0 Å². The molecular formula is C28H28N4O6. The minimum Gasteiger partial charge on any atom is -0.507 e. The third-order valence-corrected chi connectivity index (χ3v) is 6.62. The molecule has 2 aliphatic rings. The molecule has 0 saturated carbocycles. The van der Waals surface area contributed by atoms with Crippen LogP contribution in [-0.2, 0) is 0 Å². The first kappa shape index (κ1) is 25.2. The Labute approximate surface area is 219 Å². The number of carbonyl (C=O) groups is 3. The number of aromatic nitrogens is 1. The van der Waals surface area contributed by atoms with Gasteiger partial charge in [0.25, 0.3) is 11.8 Å². The summed E-state index contributed by atoms with van der Waals surface area (Å²) >= 11 is 0. The first-order chi connectivity index (χ1) is 18.5. The van der Waals surface area contributed by atoms with E-state index in [-0.39, 0.29) is 47.6 Å². The highest BCUT2D eigenvalue weighted by molar-refractivity contribution is 6.13. The van der Waals surface area contributed by atoms with Gasteiger partial charge in [0.05, 0.1) is 12.1 Å². The lowest BCUT2D eigenvalue weighted by Gasteiger charge is -2.27. The zero-order chi connectivity index (χ0) is 26.5. The molecule has 3 aromatic rings. The highest BCUT2D eigenvalue weighted by atomic mass is 16.6. The van der Waals surface area contributed by atoms with Crippen LogP contribution >= 0.6 is 0 Å². The van der Waals surface area contributed by atoms with E-state index < -0.39 is 5.78 Å². The van der Waals surface area contributed by atoms with Gasteiger partial charge in [0.1, 0.15) is 24.5 Å². The van der Waals surface area contributed by atoms with Gasteiger partial charge in [-0.15, -0.1) is 0 Å². The molecule has 3 heterocycles. The van der Waals surface area contributed by atoms with E-state index in [1.165, 1.54) is 18.2 Å². The number of benzene rings is 2. The number of phenolic OH excluding ortho intramolecular Hbond substituents is 1. The third kappa shape index (κ3) is 5.45. The lowest BCUT2D eigenvalue weighted by atomic mass is 9.99. The number of ether oxygens (including phenoxy) is 2. The van der Waals surface area contributed by atoms with E-state index in [0.717, 1.165) is 13.0 Å². The molecule has 2 atom stereocenters. The van der Waals surface area contributed by atoms with E-state index in [2.05, 4.69) is 20.9 Å². The number of nitrogens with zero attached hydrogens (tertiary/aromatic N) is 1. The van der Waals surface area contributed by atoms with E-state index in [1.807, 2.05) is 0 Å². The van der Waals surface area contributed by atoms with E-state index >= 15 is 0 Å². The molecule has 1 aromatic heterocycles. The fourth-order valence-electron chi connectivity index (χ4n) is 4.62. The van der Waals surface area contributed by atoms with Crippen molar-refractivity contribution in [3.05, 3.63) is 83.2 Å². The van der Waals surface area contributed by atoms with Gasteiger partial charge in [0.15, 0.2) is 11.5 Å². The summed E-state index contributed by atoms with van der Waals surface area (Å²) in [6.07, 6.45) is 4.65. The maximum absolute atomic E-state index is 13.2. The molecule has 38 heavy (non-hydrogen) atoms. The van der Waals surface area contributed by atoms with Crippen LogP contribution in [0.15, 0.2) is 60.9 Å². The topological polar surface area (TPSA) is 139 Å². The number of ketones is 1. The molecule has 4 N–H and O–H groups in total. The van der Waals surface area contributed by atoms with Crippen molar-refractivity contribution >= 4 is 17.6 Å². The molecular weight excluding hydrogens is 488 g/mol. The number of fused-ring (bicyclic) bond motifs is 1. The van der Waals surface area contributed by atoms with Gasteiger partial charge >= 0.3 is 0 Å². The van der Waals surface area contributed by atoms with Gasteiger partial charge in [-0.1, -0.05) is 12.1 Å². The van der Waals surface area contributed by atoms with Crippen molar-refractivity contribution in [3.8, 4) is 17.2 Å². The number of pyridine rings is 1. The highest BCUT2D eigenvalue weighted by Gasteiger charge is 2.28. The summed E-state index contributed by atoms with van der Waals surface area (Å²) in [5.41, 5.74) is 1.19. The number of hydrogen-bond acceptors (Lipinski definition) is 8. The van der Waals surface area contributed by atoms with Gasteiger partial charge in [0.2, 0.25) is 5.78 Å². The fourth-order valence-corrected chi connectivity index (χ4v) is 4.62. The first-order valence-electron chi connectivity index (χ1n) is 12.5. The molecule has 196 valence electrons. The molecule has 0 unspecified atom stereocenters. The summed E-state index contributed by atoms with van der Waals surface area (Å²) in [6, 6.07) is 11.8. The Bertz CT molecular complexity index is 1330. The van der Waals surface area contributed by atoms with E-state index in [4.69, 9.17) is 9.47 Å². The van der Waals surface area contributed by atoms with Crippen molar-refractivity contribution in [1.29, 1.82) is 0 Å². The van der Waals surface area contributed by atoms with Gasteiger partial charge < -0.3 is 30.5 Å². The Morgan fingerprint density at radius 1 is 0.842 bits per heavy atom. The zero-order valence-electron chi connectivity index (χ0n) is 20.6. The van der Waals surface area contributed by atoms with Crippen LogP contribution in [0.3, 0.4) is 0 Å². The summed E-state index contributed by atoms with van der Waals surface area (Å²) < 4.78 is 11.1. The molecule has 2 aliphatic heterocycles. The molecule has 0 spiro atoms. The Morgan fingerprint density at radius 2 is 1.50 bits per heavy atom. The van der Waals surface area contributed by atoms with Crippen LogP contribution in [-0.4, -0.2) is 66.1 Å². The molecule has 0 aliphatic carbocycles. The van der Waals surface area contributed by atoms with Gasteiger partial charge in [-0.25, -0.2) is 0 Å². The molecule has 1 fully saturated rings. The fraction of sp³-hybridized carbons (Fsp3) is 0.286. The van der Waals surface area contributed by atoms with Crippen molar-refractivity contribution in [2.24, 2.45) is 0 Å². The molecule has 0 radical (unpaired) electrons. The summed E-state index contributed by atoms with van der Waals surface area (Å²) in [7, 11) is 0. The number of nitrogens with one attached hydrogen (secondary N) is 3. The first-order valence-corrected chi connectivity index (χ1v) is 12.5. The van der Waals surface area contributed by atoms with E-state index in [0.29, 0.717) is 42.0 Å². The number of carbonyl (C=O) groups excluding carboxylic acids is 3. The second-order valence-electron chi connectivity index (χ2n) is 9.13. The van der Waals surface area contributed by atoms with Gasteiger partial charge in [0, 0.05) is 35.6 Å². The lowest BCUT2D eigenvalue weighted by Crippen LogP contribution is -2.54. The zero-order valence-corrected chi connectivity index (χ0v) is 20.6. The van der Waals surface area contributed by atoms with Crippen LogP contribution in [0.25, 0.3) is 0 Å². The number of amides is 2. The SMILES string of the molecule is O=C(N[C@@H]1CCCNC[C@H]1NC(=O)c1ccncc1)c1ccc(C(=O)c2c(O)ccc3c2OCCO3)cc1. The maximum Gasteiger partial charge on any atom is 0.251 e. The smallest absolute Gasteiger partial charge is 0.251 e. The third-order valence-electron chi connectivity index (χ3n) is 6.62. The summed E-state index contributed by atoms with van der Waals surface area (Å²) in [6.45, 7) is 1.94. The van der Waals surface area contributed by atoms with Crippen molar-refractivity contribution < 1.29 is 29.0 Å². The van der Waals surface area contributed by atoms with Crippen LogP contribution in [0, 0.1) is 0 Å². The monoisotopic (exact) mass is 516 g/mol.